The van der Waals surface area contributed by atoms with Gasteiger partial charge in [0.25, 0.3) is 0 Å². The van der Waals surface area contributed by atoms with Gasteiger partial charge in [-0.05, 0) is 54.4 Å². The second kappa shape index (κ2) is 6.26. The number of rotatable bonds is 3. The Hall–Kier alpha value is -1.89. The minimum Gasteiger partial charge on any atom is -0.206 e. The molecule has 0 N–H and O–H groups in total. The van der Waals surface area contributed by atoms with Gasteiger partial charge < -0.3 is 0 Å². The zero-order valence-corrected chi connectivity index (χ0v) is 12.5. The second-order valence-electron chi connectivity index (χ2n) is 5.76. The van der Waals surface area contributed by atoms with Gasteiger partial charge in [0.1, 0.15) is 5.82 Å². The van der Waals surface area contributed by atoms with Crippen molar-refractivity contribution in [3.05, 3.63) is 71.6 Å². The molecule has 0 aliphatic heterocycles. The van der Waals surface area contributed by atoms with Crippen molar-refractivity contribution in [3.63, 3.8) is 0 Å². The van der Waals surface area contributed by atoms with Crippen LogP contribution in [-0.2, 0) is 0 Å². The van der Waals surface area contributed by atoms with Gasteiger partial charge >= 0.3 is 0 Å². The van der Waals surface area contributed by atoms with Crippen molar-refractivity contribution in [2.45, 2.75) is 32.6 Å². The first-order valence-electron chi connectivity index (χ1n) is 7.83. The Morgan fingerprint density at radius 1 is 1.10 bits per heavy atom. The third kappa shape index (κ3) is 3.07. The van der Waals surface area contributed by atoms with Crippen LogP contribution in [0.2, 0.25) is 0 Å². The molecule has 2 aliphatic carbocycles. The fourth-order valence-electron chi connectivity index (χ4n) is 2.92. The molecule has 0 spiro atoms. The number of benzene rings is 1. The predicted molar refractivity (Wildman–Crippen MR) is 88.3 cm³/mol. The van der Waals surface area contributed by atoms with Crippen molar-refractivity contribution in [3.8, 4) is 0 Å². The maximum atomic E-state index is 14.4. The first kappa shape index (κ1) is 14.1. The van der Waals surface area contributed by atoms with Crippen molar-refractivity contribution in [2.24, 2.45) is 5.92 Å². The Balaban J connectivity index is 1.86. The number of allylic oxidation sites excluding steroid dienone is 8. The van der Waals surface area contributed by atoms with Crippen molar-refractivity contribution >= 4 is 11.1 Å². The molecule has 0 fully saturated rings. The molecule has 0 saturated heterocycles. The van der Waals surface area contributed by atoms with Crippen LogP contribution in [0.15, 0.2) is 54.7 Å². The van der Waals surface area contributed by atoms with Crippen LogP contribution >= 0.6 is 0 Å². The molecule has 0 saturated carbocycles. The smallest absolute Gasteiger partial charge is 0.131 e. The van der Waals surface area contributed by atoms with Gasteiger partial charge in [-0.25, -0.2) is 4.39 Å². The fraction of sp³-hybridized carbons (Fsp3) is 0.300. The van der Waals surface area contributed by atoms with E-state index >= 15 is 0 Å². The van der Waals surface area contributed by atoms with Gasteiger partial charge in [0, 0.05) is 5.56 Å². The van der Waals surface area contributed by atoms with E-state index in [0.29, 0.717) is 11.5 Å². The van der Waals surface area contributed by atoms with Gasteiger partial charge in [-0.3, -0.25) is 0 Å². The Kier molecular flexibility index (Phi) is 4.19. The average Bonchev–Trinajstić information content (AvgIpc) is 2.56. The number of halogens is 1. The van der Waals surface area contributed by atoms with Gasteiger partial charge in [0.2, 0.25) is 0 Å². The summed E-state index contributed by atoms with van der Waals surface area (Å²) in [5.74, 6) is 0.479. The maximum Gasteiger partial charge on any atom is 0.131 e. The molecule has 0 nitrogen and oxygen atoms in total. The van der Waals surface area contributed by atoms with Crippen molar-refractivity contribution < 1.29 is 4.39 Å². The van der Waals surface area contributed by atoms with E-state index < -0.39 is 0 Å². The molecule has 0 bridgehead atoms. The summed E-state index contributed by atoms with van der Waals surface area (Å²) in [6.07, 6.45) is 17.1. The fourth-order valence-corrected chi connectivity index (χ4v) is 2.92. The van der Waals surface area contributed by atoms with E-state index in [2.05, 4.69) is 43.4 Å². The largest absolute Gasteiger partial charge is 0.206 e. The Labute approximate surface area is 126 Å². The van der Waals surface area contributed by atoms with Crippen LogP contribution < -0.4 is 0 Å². The van der Waals surface area contributed by atoms with Crippen molar-refractivity contribution in [1.82, 2.24) is 0 Å². The van der Waals surface area contributed by atoms with Crippen LogP contribution in [0.1, 0.15) is 43.7 Å². The van der Waals surface area contributed by atoms with Crippen molar-refractivity contribution in [1.29, 1.82) is 0 Å². The van der Waals surface area contributed by atoms with E-state index in [1.807, 2.05) is 12.1 Å². The van der Waals surface area contributed by atoms with Crippen LogP contribution in [0.3, 0.4) is 0 Å². The predicted octanol–water partition coefficient (Wildman–Crippen LogP) is 5.93. The molecule has 108 valence electrons. The van der Waals surface area contributed by atoms with Crippen molar-refractivity contribution in [2.75, 3.05) is 0 Å². The Bertz CT molecular complexity index is 644. The molecule has 0 aromatic heterocycles. The first-order chi connectivity index (χ1) is 10.3. The Morgan fingerprint density at radius 2 is 2.00 bits per heavy atom. The highest BCUT2D eigenvalue weighted by Crippen LogP contribution is 2.30. The zero-order valence-electron chi connectivity index (χ0n) is 12.5. The lowest BCUT2D eigenvalue weighted by Crippen LogP contribution is -1.99. The summed E-state index contributed by atoms with van der Waals surface area (Å²) >= 11 is 0. The van der Waals surface area contributed by atoms with Gasteiger partial charge in [-0.2, -0.15) is 0 Å². The average molecular weight is 280 g/mol. The van der Waals surface area contributed by atoms with Gasteiger partial charge in [-0.15, -0.1) is 0 Å². The lowest BCUT2D eigenvalue weighted by Gasteiger charge is -2.15. The molecule has 1 atom stereocenters. The van der Waals surface area contributed by atoms with E-state index in [4.69, 9.17) is 0 Å². The van der Waals surface area contributed by atoms with Crippen LogP contribution in [0, 0.1) is 11.7 Å². The third-order valence-electron chi connectivity index (χ3n) is 4.32. The van der Waals surface area contributed by atoms with Crippen LogP contribution in [-0.4, -0.2) is 0 Å². The molecule has 0 radical (unpaired) electrons. The van der Waals surface area contributed by atoms with E-state index in [0.717, 1.165) is 42.4 Å². The molecular weight excluding hydrogens is 259 g/mol. The molecule has 21 heavy (non-hydrogen) atoms. The van der Waals surface area contributed by atoms with Gasteiger partial charge in [0.15, 0.2) is 0 Å². The topological polar surface area (TPSA) is 0 Å². The summed E-state index contributed by atoms with van der Waals surface area (Å²) in [5.41, 5.74) is 3.83. The molecule has 0 amide bonds. The number of hydrogen-bond acceptors (Lipinski definition) is 0. The van der Waals surface area contributed by atoms with Crippen LogP contribution in [0.4, 0.5) is 4.39 Å². The first-order valence-corrected chi connectivity index (χ1v) is 7.83. The Morgan fingerprint density at radius 3 is 2.62 bits per heavy atom. The molecule has 3 rings (SSSR count). The summed E-state index contributed by atoms with van der Waals surface area (Å²) in [6.45, 7) is 2.19. The van der Waals surface area contributed by atoms with E-state index in [9.17, 15) is 4.39 Å². The summed E-state index contributed by atoms with van der Waals surface area (Å²) in [6, 6.07) is 5.61. The molecular formula is C20H21F. The second-order valence-corrected chi connectivity index (χ2v) is 5.76. The molecule has 1 heteroatoms. The van der Waals surface area contributed by atoms with Crippen LogP contribution in [0.25, 0.3) is 11.1 Å². The molecule has 2 aliphatic rings. The number of hydrogen-bond donors (Lipinski definition) is 0. The summed E-state index contributed by atoms with van der Waals surface area (Å²) in [5, 5.41) is 0. The maximum absolute atomic E-state index is 14.4. The standard InChI is InChI=1S/C20H21F/c1-2-15-8-10-17(11-9-15)19-13-12-18(14-20(19)21)16-6-4-3-5-7-16/h4,6-8,10-15H,2-3,5,9H2,1H3. The van der Waals surface area contributed by atoms with Gasteiger partial charge in [-0.1, -0.05) is 55.5 Å². The van der Waals surface area contributed by atoms with E-state index in [-0.39, 0.29) is 5.82 Å². The normalized spacial score (nSPS) is 21.1. The highest BCUT2D eigenvalue weighted by molar-refractivity contribution is 5.79. The molecule has 1 aromatic rings. The third-order valence-corrected chi connectivity index (χ3v) is 4.32. The minimum absolute atomic E-state index is 0.127. The highest BCUT2D eigenvalue weighted by Gasteiger charge is 2.12. The molecule has 1 unspecified atom stereocenters. The van der Waals surface area contributed by atoms with Gasteiger partial charge in [0.05, 0.1) is 0 Å². The molecule has 0 heterocycles. The zero-order chi connectivity index (χ0) is 14.7. The summed E-state index contributed by atoms with van der Waals surface area (Å²) in [4.78, 5) is 0. The minimum atomic E-state index is -0.127. The lowest BCUT2D eigenvalue weighted by atomic mass is 9.90. The van der Waals surface area contributed by atoms with Crippen LogP contribution in [0.5, 0.6) is 0 Å². The monoisotopic (exact) mass is 280 g/mol. The summed E-state index contributed by atoms with van der Waals surface area (Å²) < 4.78 is 14.4. The lowest BCUT2D eigenvalue weighted by molar-refractivity contribution is 0.619. The SMILES string of the molecule is CCC1C=CC(c2ccc(C3=CCCC=C3)cc2F)=CC1. The molecule has 1 aromatic carbocycles. The van der Waals surface area contributed by atoms with E-state index in [1.165, 1.54) is 0 Å². The summed E-state index contributed by atoms with van der Waals surface area (Å²) in [7, 11) is 0. The quantitative estimate of drug-likeness (QED) is 0.644. The van der Waals surface area contributed by atoms with E-state index in [1.54, 1.807) is 6.07 Å². The highest BCUT2D eigenvalue weighted by atomic mass is 19.1.